The van der Waals surface area contributed by atoms with Crippen LogP contribution in [-0.4, -0.2) is 55.0 Å². The first-order valence-corrected chi connectivity index (χ1v) is 8.38. The number of carbonyl (C=O) groups is 2. The molecule has 4 rings (SSSR count). The Morgan fingerprint density at radius 1 is 1.11 bits per heavy atom. The highest BCUT2D eigenvalue weighted by molar-refractivity contribution is 6.04. The molecule has 0 radical (unpaired) electrons. The zero-order valence-corrected chi connectivity index (χ0v) is 14.3. The van der Waals surface area contributed by atoms with Crippen molar-refractivity contribution in [3.8, 4) is 0 Å². The van der Waals surface area contributed by atoms with Crippen LogP contribution >= 0.6 is 0 Å². The van der Waals surface area contributed by atoms with Gasteiger partial charge in [0, 0.05) is 26.1 Å². The maximum atomic E-state index is 13.6. The van der Waals surface area contributed by atoms with E-state index >= 15 is 0 Å². The van der Waals surface area contributed by atoms with E-state index in [9.17, 15) is 22.8 Å². The van der Waals surface area contributed by atoms with Gasteiger partial charge in [-0.05, 0) is 41.0 Å². The van der Waals surface area contributed by atoms with Crippen molar-refractivity contribution in [2.45, 2.75) is 37.9 Å². The number of imide groups is 1. The monoisotopic (exact) mass is 380 g/mol. The van der Waals surface area contributed by atoms with Crippen LogP contribution in [0.3, 0.4) is 0 Å². The average molecular weight is 380 g/mol. The second-order valence-electron chi connectivity index (χ2n) is 6.60. The number of tetrazole rings is 1. The molecule has 0 N–H and O–H groups in total. The highest BCUT2D eigenvalue weighted by Gasteiger charge is 2.47. The second kappa shape index (κ2) is 6.32. The summed E-state index contributed by atoms with van der Waals surface area (Å²) in [6.07, 6.45) is 1.43. The lowest BCUT2D eigenvalue weighted by Gasteiger charge is -2.24. The Balaban J connectivity index is 1.62. The number of aromatic nitrogens is 4. The summed E-state index contributed by atoms with van der Waals surface area (Å²) in [5.74, 6) is -4.35. The zero-order chi connectivity index (χ0) is 19.3. The number of urea groups is 1. The second-order valence-corrected chi connectivity index (χ2v) is 6.60. The van der Waals surface area contributed by atoms with Crippen molar-refractivity contribution < 1.29 is 22.8 Å². The smallest absolute Gasteiger partial charge is 0.311 e. The van der Waals surface area contributed by atoms with Crippen LogP contribution in [0, 0.1) is 17.5 Å². The minimum absolute atomic E-state index is 0.109. The Morgan fingerprint density at radius 3 is 2.52 bits per heavy atom. The van der Waals surface area contributed by atoms with Crippen molar-refractivity contribution >= 4 is 11.9 Å². The maximum absolute atomic E-state index is 13.6. The van der Waals surface area contributed by atoms with E-state index in [1.165, 1.54) is 7.05 Å². The SMILES string of the molecule is CN1C(=O)N(C2CCc3nnnn3CC2)C(=O)C1c1cc(F)c(F)c(F)c1. The van der Waals surface area contributed by atoms with Gasteiger partial charge >= 0.3 is 6.03 Å². The fourth-order valence-electron chi connectivity index (χ4n) is 3.65. The van der Waals surface area contributed by atoms with Crippen molar-refractivity contribution in [3.05, 3.63) is 41.0 Å². The average Bonchev–Trinajstić information content (AvgIpc) is 3.10. The third-order valence-electron chi connectivity index (χ3n) is 5.03. The third kappa shape index (κ3) is 2.73. The molecule has 1 saturated heterocycles. The summed E-state index contributed by atoms with van der Waals surface area (Å²) in [5, 5.41) is 11.4. The number of carbonyl (C=O) groups excluding carboxylic acids is 2. The number of likely N-dealkylation sites (N-methyl/N-ethyl adjacent to an activating group) is 1. The summed E-state index contributed by atoms with van der Waals surface area (Å²) in [4.78, 5) is 27.8. The minimum atomic E-state index is -1.62. The van der Waals surface area contributed by atoms with Gasteiger partial charge in [-0.3, -0.25) is 9.69 Å². The van der Waals surface area contributed by atoms with E-state index in [-0.39, 0.29) is 5.56 Å². The largest absolute Gasteiger partial charge is 0.327 e. The molecule has 2 unspecified atom stereocenters. The summed E-state index contributed by atoms with van der Waals surface area (Å²) >= 11 is 0. The molecule has 2 aliphatic heterocycles. The van der Waals surface area contributed by atoms with Gasteiger partial charge in [0.25, 0.3) is 5.91 Å². The minimum Gasteiger partial charge on any atom is -0.311 e. The van der Waals surface area contributed by atoms with Gasteiger partial charge in [0.1, 0.15) is 6.04 Å². The molecule has 27 heavy (non-hydrogen) atoms. The number of nitrogens with zero attached hydrogens (tertiary/aromatic N) is 6. The third-order valence-corrected chi connectivity index (χ3v) is 5.03. The number of halogens is 3. The van der Waals surface area contributed by atoms with Crippen molar-refractivity contribution in [3.63, 3.8) is 0 Å². The number of rotatable bonds is 2. The van der Waals surface area contributed by atoms with Crippen molar-refractivity contribution in [1.29, 1.82) is 0 Å². The summed E-state index contributed by atoms with van der Waals surface area (Å²) in [6.45, 7) is 0.443. The number of hydrogen-bond donors (Lipinski definition) is 0. The molecule has 3 heterocycles. The highest BCUT2D eigenvalue weighted by atomic mass is 19.2. The Labute approximate surface area is 151 Å². The maximum Gasteiger partial charge on any atom is 0.327 e. The van der Waals surface area contributed by atoms with Crippen LogP contribution in [0.4, 0.5) is 18.0 Å². The fraction of sp³-hybridized carbons (Fsp3) is 0.438. The molecule has 0 spiro atoms. The normalized spacial score (nSPS) is 23.0. The molecular weight excluding hydrogens is 365 g/mol. The Kier molecular flexibility index (Phi) is 4.08. The summed E-state index contributed by atoms with van der Waals surface area (Å²) < 4.78 is 42.1. The number of hydrogen-bond acceptors (Lipinski definition) is 5. The molecule has 8 nitrogen and oxygen atoms in total. The van der Waals surface area contributed by atoms with Gasteiger partial charge in [-0.15, -0.1) is 5.10 Å². The van der Waals surface area contributed by atoms with Crippen LogP contribution in [0.2, 0.25) is 0 Å². The van der Waals surface area contributed by atoms with Gasteiger partial charge < -0.3 is 4.90 Å². The zero-order valence-electron chi connectivity index (χ0n) is 14.3. The predicted octanol–water partition coefficient (Wildman–Crippen LogP) is 1.43. The molecule has 0 saturated carbocycles. The number of fused-ring (bicyclic) bond motifs is 1. The van der Waals surface area contributed by atoms with Crippen LogP contribution in [0.5, 0.6) is 0 Å². The van der Waals surface area contributed by atoms with Gasteiger partial charge in [0.15, 0.2) is 23.3 Å². The molecular formula is C16H15F3N6O2. The van der Waals surface area contributed by atoms with Gasteiger partial charge in [-0.2, -0.15) is 0 Å². The first-order valence-electron chi connectivity index (χ1n) is 8.38. The molecule has 1 aromatic heterocycles. The Morgan fingerprint density at radius 2 is 1.81 bits per heavy atom. The van der Waals surface area contributed by atoms with Crippen molar-refractivity contribution in [1.82, 2.24) is 30.0 Å². The molecule has 2 atom stereocenters. The van der Waals surface area contributed by atoms with E-state index in [0.717, 1.165) is 21.9 Å². The molecule has 142 valence electrons. The van der Waals surface area contributed by atoms with E-state index in [2.05, 4.69) is 15.5 Å². The quantitative estimate of drug-likeness (QED) is 0.581. The van der Waals surface area contributed by atoms with E-state index in [4.69, 9.17) is 0 Å². The molecule has 1 fully saturated rings. The molecule has 2 aromatic rings. The lowest BCUT2D eigenvalue weighted by Crippen LogP contribution is -2.41. The molecule has 0 bridgehead atoms. The number of benzene rings is 1. The molecule has 1 aromatic carbocycles. The summed E-state index contributed by atoms with van der Waals surface area (Å²) in [7, 11) is 1.37. The summed E-state index contributed by atoms with van der Waals surface area (Å²) in [6, 6.07) is -0.692. The van der Waals surface area contributed by atoms with Crippen LogP contribution in [0.1, 0.15) is 30.3 Å². The Bertz CT molecular complexity index is 887. The van der Waals surface area contributed by atoms with Crippen molar-refractivity contribution in [2.75, 3.05) is 7.05 Å². The lowest BCUT2D eigenvalue weighted by atomic mass is 10.0. The Hall–Kier alpha value is -2.98. The highest BCUT2D eigenvalue weighted by Crippen LogP contribution is 2.34. The van der Waals surface area contributed by atoms with E-state index in [1.54, 1.807) is 4.68 Å². The first-order chi connectivity index (χ1) is 12.9. The van der Waals surface area contributed by atoms with Crippen LogP contribution < -0.4 is 0 Å². The van der Waals surface area contributed by atoms with Gasteiger partial charge in [-0.1, -0.05) is 0 Å². The topological polar surface area (TPSA) is 84.2 Å². The summed E-state index contributed by atoms with van der Waals surface area (Å²) in [5.41, 5.74) is -0.109. The molecule has 2 aliphatic rings. The van der Waals surface area contributed by atoms with Gasteiger partial charge in [-0.25, -0.2) is 22.6 Å². The number of amides is 3. The molecule has 11 heteroatoms. The fourth-order valence-corrected chi connectivity index (χ4v) is 3.65. The van der Waals surface area contributed by atoms with E-state index in [1.807, 2.05) is 0 Å². The lowest BCUT2D eigenvalue weighted by molar-refractivity contribution is -0.130. The molecule has 0 aliphatic carbocycles. The van der Waals surface area contributed by atoms with Crippen LogP contribution in [0.25, 0.3) is 0 Å². The first kappa shape index (κ1) is 17.4. The van der Waals surface area contributed by atoms with Gasteiger partial charge in [0.2, 0.25) is 0 Å². The van der Waals surface area contributed by atoms with Crippen molar-refractivity contribution in [2.24, 2.45) is 0 Å². The number of aryl methyl sites for hydroxylation is 2. The van der Waals surface area contributed by atoms with Gasteiger partial charge in [0.05, 0.1) is 0 Å². The predicted molar refractivity (Wildman–Crippen MR) is 83.6 cm³/mol. The van der Waals surface area contributed by atoms with Crippen LogP contribution in [0.15, 0.2) is 12.1 Å². The van der Waals surface area contributed by atoms with Crippen LogP contribution in [-0.2, 0) is 17.8 Å². The molecule has 3 amide bonds. The van der Waals surface area contributed by atoms with E-state index < -0.39 is 41.5 Å². The van der Waals surface area contributed by atoms with E-state index in [0.29, 0.717) is 31.6 Å². The standard InChI is InChI=1S/C16H15F3N6O2/c1-23-14(8-6-10(17)13(19)11(18)7-8)15(26)25(16(23)27)9-2-3-12-20-21-22-24(12)5-4-9/h6-7,9,14H,2-5H2,1H3.